The zero-order chi connectivity index (χ0) is 29.1. The number of carbonyl (C=O) groups is 2. The van der Waals surface area contributed by atoms with Crippen LogP contribution in [0.15, 0.2) is 35.7 Å². The fourth-order valence-corrected chi connectivity index (χ4v) is 7.26. The summed E-state index contributed by atoms with van der Waals surface area (Å²) < 4.78 is 30.9. The van der Waals surface area contributed by atoms with Gasteiger partial charge in [0.05, 0.1) is 34.5 Å². The molecule has 2 fully saturated rings. The first kappa shape index (κ1) is 27.5. The van der Waals surface area contributed by atoms with E-state index in [2.05, 4.69) is 15.6 Å². The molecule has 12 nitrogen and oxygen atoms in total. The predicted molar refractivity (Wildman–Crippen MR) is 152 cm³/mol. The minimum Gasteiger partial charge on any atom is -0.382 e. The number of primary amides is 1. The van der Waals surface area contributed by atoms with Crippen LogP contribution in [0.25, 0.3) is 5.69 Å². The molecule has 1 aliphatic carbocycles. The fourth-order valence-electron chi connectivity index (χ4n) is 5.83. The van der Waals surface area contributed by atoms with Crippen LogP contribution < -0.4 is 16.4 Å². The molecule has 2 aromatic heterocycles. The van der Waals surface area contributed by atoms with E-state index in [4.69, 9.17) is 10.8 Å². The molecule has 0 atom stereocenters. The first-order valence-electron chi connectivity index (χ1n) is 14.0. The van der Waals surface area contributed by atoms with Gasteiger partial charge in [0.15, 0.2) is 5.03 Å². The Morgan fingerprint density at radius 2 is 1.93 bits per heavy atom. The summed E-state index contributed by atoms with van der Waals surface area (Å²) in [5.74, 6) is -0.101. The van der Waals surface area contributed by atoms with E-state index in [1.165, 1.54) is 16.8 Å². The number of nitrogens with two attached hydrogens (primary N) is 1. The molecule has 2 aliphatic heterocycles. The molecule has 4 N–H and O–H groups in total. The number of rotatable bonds is 8. The van der Waals surface area contributed by atoms with Gasteiger partial charge >= 0.3 is 0 Å². The van der Waals surface area contributed by atoms with Crippen LogP contribution in [-0.2, 0) is 29.9 Å². The molecule has 0 unspecified atom stereocenters. The summed E-state index contributed by atoms with van der Waals surface area (Å²) >= 11 is 0. The molecule has 1 aromatic carbocycles. The molecule has 6 rings (SSSR count). The van der Waals surface area contributed by atoms with E-state index in [-0.39, 0.29) is 17.0 Å². The maximum absolute atomic E-state index is 13.1. The van der Waals surface area contributed by atoms with Gasteiger partial charge in [-0.3, -0.25) is 9.59 Å². The molecular formula is C28H36N8O4S. The largest absolute Gasteiger partial charge is 0.382 e. The topological polar surface area (TPSA) is 157 Å². The molecule has 2 amide bonds. The van der Waals surface area contributed by atoms with Crippen molar-refractivity contribution in [1.82, 2.24) is 29.0 Å². The molecule has 218 valence electrons. The zero-order valence-corrected chi connectivity index (χ0v) is 24.4. The number of carbonyl (C=O) groups excluding carboxylic acids is 2. The van der Waals surface area contributed by atoms with Gasteiger partial charge in [-0.2, -0.15) is 9.40 Å². The number of aromatic nitrogens is 4. The van der Waals surface area contributed by atoms with Gasteiger partial charge in [0, 0.05) is 50.0 Å². The number of nitrogens with zero attached hydrogens (tertiary/aromatic N) is 5. The van der Waals surface area contributed by atoms with Crippen molar-refractivity contribution >= 4 is 27.5 Å². The van der Waals surface area contributed by atoms with E-state index in [1.54, 1.807) is 23.7 Å². The van der Waals surface area contributed by atoms with E-state index >= 15 is 0 Å². The average Bonchev–Trinajstić information content (AvgIpc) is 3.49. The summed E-state index contributed by atoms with van der Waals surface area (Å²) in [5.41, 5.74) is 9.28. The predicted octanol–water partition coefficient (Wildman–Crippen LogP) is 1.99. The average molecular weight is 581 g/mol. The Bertz CT molecular complexity index is 1630. The summed E-state index contributed by atoms with van der Waals surface area (Å²) in [4.78, 5) is 29.5. The monoisotopic (exact) mass is 580 g/mol. The van der Waals surface area contributed by atoms with Crippen LogP contribution in [0.3, 0.4) is 0 Å². The van der Waals surface area contributed by atoms with E-state index in [1.807, 2.05) is 24.6 Å². The lowest BCUT2D eigenvalue weighted by molar-refractivity contribution is 0.0894. The van der Waals surface area contributed by atoms with Crippen LogP contribution in [0, 0.1) is 5.92 Å². The minimum absolute atomic E-state index is 0.0376. The maximum atomic E-state index is 13.1. The summed E-state index contributed by atoms with van der Waals surface area (Å²) in [6.07, 6.45) is 7.76. The van der Waals surface area contributed by atoms with Gasteiger partial charge in [0.2, 0.25) is 0 Å². The second-order valence-corrected chi connectivity index (χ2v) is 14.0. The number of fused-ring (bicyclic) bond motifs is 1. The highest BCUT2D eigenvalue weighted by Gasteiger charge is 2.38. The number of piperidine rings is 1. The first-order valence-corrected chi connectivity index (χ1v) is 15.5. The minimum atomic E-state index is -3.67. The van der Waals surface area contributed by atoms with Crippen molar-refractivity contribution in [2.24, 2.45) is 18.7 Å². The summed E-state index contributed by atoms with van der Waals surface area (Å²) in [5, 5.41) is 11.5. The summed E-state index contributed by atoms with van der Waals surface area (Å²) in [6.45, 7) is 4.64. The highest BCUT2D eigenvalue weighted by atomic mass is 32.2. The molecule has 41 heavy (non-hydrogen) atoms. The van der Waals surface area contributed by atoms with Gasteiger partial charge < -0.3 is 20.9 Å². The number of nitrogens with one attached hydrogen (secondary N) is 2. The number of sulfonamides is 1. The zero-order valence-electron chi connectivity index (χ0n) is 23.6. The van der Waals surface area contributed by atoms with Crippen molar-refractivity contribution in [2.45, 2.75) is 69.0 Å². The third-order valence-electron chi connectivity index (χ3n) is 8.13. The number of benzene rings is 1. The van der Waals surface area contributed by atoms with Crippen molar-refractivity contribution in [3.63, 3.8) is 0 Å². The highest BCUT2D eigenvalue weighted by molar-refractivity contribution is 7.89. The lowest BCUT2D eigenvalue weighted by atomic mass is 9.90. The van der Waals surface area contributed by atoms with Crippen molar-refractivity contribution in [3.05, 3.63) is 53.2 Å². The van der Waals surface area contributed by atoms with Gasteiger partial charge in [0.25, 0.3) is 21.8 Å². The van der Waals surface area contributed by atoms with Gasteiger partial charge in [-0.15, -0.1) is 0 Å². The van der Waals surface area contributed by atoms with E-state index in [0.29, 0.717) is 55.1 Å². The standard InChI is InChI=1S/C28H36N8O4S/c1-28(2)14-23-25(27(38)32-28)22(12-17-4-5-17)33-36(23)19-6-7-20(26(29)37)21(13-19)31-18-8-10-35(11-9-18)41(39,40)24-15-34(3)16-30-24/h6-7,13,15-18,31H,4-5,8-12,14H2,1-3H3,(H2,29,37)(H,32,38). The Morgan fingerprint density at radius 1 is 1.20 bits per heavy atom. The molecule has 0 bridgehead atoms. The summed E-state index contributed by atoms with van der Waals surface area (Å²) in [7, 11) is -1.94. The molecule has 3 aliphatic rings. The molecule has 1 saturated heterocycles. The Morgan fingerprint density at radius 3 is 2.56 bits per heavy atom. The molecule has 0 spiro atoms. The SMILES string of the molecule is Cn1cnc(S(=O)(=O)N2CCC(Nc3cc(-n4nc(CC5CC5)c5c4CC(C)(C)NC5=O)ccc3C(N)=O)CC2)c1. The van der Waals surface area contributed by atoms with Gasteiger partial charge in [0.1, 0.15) is 0 Å². The lowest BCUT2D eigenvalue weighted by Gasteiger charge is -2.32. The number of aryl methyl sites for hydroxylation is 1. The number of imidazole rings is 1. The Labute approximate surface area is 239 Å². The van der Waals surface area contributed by atoms with Crippen LogP contribution in [0.2, 0.25) is 0 Å². The van der Waals surface area contributed by atoms with Crippen molar-refractivity contribution in [1.29, 1.82) is 0 Å². The van der Waals surface area contributed by atoms with Crippen LogP contribution in [0.1, 0.15) is 71.6 Å². The molecule has 13 heteroatoms. The first-order chi connectivity index (χ1) is 19.4. The molecule has 1 saturated carbocycles. The Balaban J connectivity index is 1.27. The maximum Gasteiger partial charge on any atom is 0.262 e. The number of amides is 2. The second kappa shape index (κ2) is 9.98. The number of hydrogen-bond donors (Lipinski definition) is 3. The van der Waals surface area contributed by atoms with Crippen LogP contribution >= 0.6 is 0 Å². The second-order valence-electron chi connectivity index (χ2n) is 12.1. The van der Waals surface area contributed by atoms with E-state index in [0.717, 1.165) is 36.3 Å². The van der Waals surface area contributed by atoms with Crippen molar-refractivity contribution in [3.8, 4) is 5.69 Å². The van der Waals surface area contributed by atoms with Crippen molar-refractivity contribution < 1.29 is 18.0 Å². The van der Waals surface area contributed by atoms with Crippen molar-refractivity contribution in [2.75, 3.05) is 18.4 Å². The molecule has 0 radical (unpaired) electrons. The molecule has 3 aromatic rings. The molecular weight excluding hydrogens is 544 g/mol. The number of hydrogen-bond acceptors (Lipinski definition) is 7. The van der Waals surface area contributed by atoms with E-state index in [9.17, 15) is 18.0 Å². The smallest absolute Gasteiger partial charge is 0.262 e. The summed E-state index contributed by atoms with van der Waals surface area (Å²) in [6, 6.07) is 5.27. The Hall–Kier alpha value is -3.71. The third-order valence-corrected chi connectivity index (χ3v) is 9.92. The number of anilines is 1. The normalized spacial score (nSPS) is 19.5. The van der Waals surface area contributed by atoms with Gasteiger partial charge in [-0.25, -0.2) is 18.1 Å². The van der Waals surface area contributed by atoms with Crippen LogP contribution in [-0.4, -0.2) is 68.5 Å². The van der Waals surface area contributed by atoms with Gasteiger partial charge in [-0.05, 0) is 70.1 Å². The van der Waals surface area contributed by atoms with Crippen LogP contribution in [0.4, 0.5) is 5.69 Å². The lowest BCUT2D eigenvalue weighted by Crippen LogP contribution is -2.49. The van der Waals surface area contributed by atoms with E-state index < -0.39 is 21.5 Å². The van der Waals surface area contributed by atoms with Gasteiger partial charge in [-0.1, -0.05) is 0 Å². The molecule has 4 heterocycles. The van der Waals surface area contributed by atoms with Crippen LogP contribution in [0.5, 0.6) is 0 Å². The quantitative estimate of drug-likeness (QED) is 0.368. The highest BCUT2D eigenvalue weighted by Crippen LogP contribution is 2.36. The Kier molecular flexibility index (Phi) is 6.68. The third kappa shape index (κ3) is 5.35. The fraction of sp³-hybridized carbons (Fsp3) is 0.500.